The van der Waals surface area contributed by atoms with Crippen molar-refractivity contribution < 1.29 is 4.42 Å². The fraction of sp³-hybridized carbons (Fsp3) is 0.267. The highest BCUT2D eigenvalue weighted by Crippen LogP contribution is 2.49. The van der Waals surface area contributed by atoms with Crippen LogP contribution in [0.3, 0.4) is 0 Å². The topological polar surface area (TPSA) is 24.6 Å². The third-order valence-corrected chi connectivity index (χ3v) is 14.2. The number of anilines is 6. The highest BCUT2D eigenvalue weighted by atomic mass is 16.3. The molecule has 0 N–H and O–H groups in total. The Kier molecular flexibility index (Phi) is 8.90. The molecule has 0 amide bonds. The summed E-state index contributed by atoms with van der Waals surface area (Å²) >= 11 is 0. The summed E-state index contributed by atoms with van der Waals surface area (Å²) in [6.07, 6.45) is 0. The van der Waals surface area contributed by atoms with Gasteiger partial charge in [-0.15, -0.1) is 0 Å². The van der Waals surface area contributed by atoms with Gasteiger partial charge in [-0.1, -0.05) is 162 Å². The van der Waals surface area contributed by atoms with E-state index in [9.17, 15) is 0 Å². The first-order valence-electron chi connectivity index (χ1n) is 23.5. The maximum absolute atomic E-state index is 7.37. The van der Waals surface area contributed by atoms with Crippen LogP contribution >= 0.6 is 0 Å². The van der Waals surface area contributed by atoms with Crippen molar-refractivity contribution in [3.63, 3.8) is 0 Å². The lowest BCUT2D eigenvalue weighted by Crippen LogP contribution is -2.61. The fourth-order valence-electron chi connectivity index (χ4n) is 10.5. The van der Waals surface area contributed by atoms with Crippen molar-refractivity contribution in [2.24, 2.45) is 0 Å². The van der Waals surface area contributed by atoms with Gasteiger partial charge in [0.15, 0.2) is 0 Å². The summed E-state index contributed by atoms with van der Waals surface area (Å²) in [5.41, 5.74) is 19.9. The summed E-state index contributed by atoms with van der Waals surface area (Å²) in [6, 6.07) is 55.3. The number of hydrogen-bond donors (Lipinski definition) is 0. The second-order valence-corrected chi connectivity index (χ2v) is 22.8. The Hall–Kier alpha value is -6.46. The molecule has 2 aromatic heterocycles. The van der Waals surface area contributed by atoms with Gasteiger partial charge in [0, 0.05) is 44.6 Å². The molecule has 11 rings (SSSR count). The summed E-state index contributed by atoms with van der Waals surface area (Å²) in [6.45, 7) is 27.5. The van der Waals surface area contributed by atoms with Crippen LogP contribution in [-0.2, 0) is 21.7 Å². The Morgan fingerprint density at radius 1 is 0.400 bits per heavy atom. The van der Waals surface area contributed by atoms with Gasteiger partial charge in [0.1, 0.15) is 5.58 Å². The molecule has 2 aliphatic rings. The molecule has 5 heteroatoms. The van der Waals surface area contributed by atoms with Crippen LogP contribution in [0.1, 0.15) is 105 Å². The predicted molar refractivity (Wildman–Crippen MR) is 279 cm³/mol. The summed E-state index contributed by atoms with van der Waals surface area (Å²) in [4.78, 5) is 5.07. The summed E-state index contributed by atoms with van der Waals surface area (Å²) in [5, 5.41) is 3.62. The lowest BCUT2D eigenvalue weighted by molar-refractivity contribution is 0.590. The zero-order valence-electron chi connectivity index (χ0n) is 40.2. The van der Waals surface area contributed by atoms with Crippen molar-refractivity contribution in [1.29, 1.82) is 0 Å². The van der Waals surface area contributed by atoms with Crippen molar-refractivity contribution in [2.75, 3.05) is 9.80 Å². The SMILES string of the molecule is CC(C)(C)c1ccc(N2c3ccc(C(C)(C)C)cc3B3c4oc5ccc(C(C)(C)C)cc5c4N(c4ccc(C(C)(C)C)cc4)c4cc(-n5c6ccccc6c6ccccc65)cc2c43)cc1. The molecule has 65 heavy (non-hydrogen) atoms. The molecular weight excluding hydrogens is 789 g/mol. The number of hydrogen-bond acceptors (Lipinski definition) is 3. The van der Waals surface area contributed by atoms with Crippen LogP contribution in [0.15, 0.2) is 150 Å². The monoisotopic (exact) mass is 849 g/mol. The van der Waals surface area contributed by atoms with E-state index in [1.165, 1.54) is 60.7 Å². The molecule has 4 nitrogen and oxygen atoms in total. The lowest BCUT2D eigenvalue weighted by Gasteiger charge is -2.43. The average Bonchev–Trinajstić information content (AvgIpc) is 3.81. The Labute approximate surface area is 385 Å². The van der Waals surface area contributed by atoms with Crippen LogP contribution in [0.25, 0.3) is 38.5 Å². The quantitative estimate of drug-likeness (QED) is 0.166. The normalized spacial score (nSPS) is 14.1. The molecule has 0 saturated heterocycles. The van der Waals surface area contributed by atoms with E-state index in [0.29, 0.717) is 0 Å². The Balaban J connectivity index is 1.31. The van der Waals surface area contributed by atoms with E-state index in [4.69, 9.17) is 4.42 Å². The second kappa shape index (κ2) is 14.0. The molecule has 0 spiro atoms. The van der Waals surface area contributed by atoms with Crippen LogP contribution in [0.5, 0.6) is 0 Å². The molecule has 324 valence electrons. The molecule has 0 fully saturated rings. The van der Waals surface area contributed by atoms with Gasteiger partial charge in [-0.25, -0.2) is 0 Å². The zero-order valence-corrected chi connectivity index (χ0v) is 40.2. The van der Waals surface area contributed by atoms with Crippen molar-refractivity contribution >= 4 is 90.2 Å². The van der Waals surface area contributed by atoms with Gasteiger partial charge >= 0.3 is 0 Å². The van der Waals surface area contributed by atoms with E-state index in [2.05, 4.69) is 243 Å². The molecule has 0 aliphatic carbocycles. The van der Waals surface area contributed by atoms with E-state index in [0.717, 1.165) is 50.8 Å². The molecule has 0 unspecified atom stereocenters. The van der Waals surface area contributed by atoms with Crippen molar-refractivity contribution in [2.45, 2.75) is 105 Å². The molecule has 0 atom stereocenters. The third kappa shape index (κ3) is 6.48. The van der Waals surface area contributed by atoms with Crippen molar-refractivity contribution in [3.05, 3.63) is 168 Å². The van der Waals surface area contributed by atoms with E-state index >= 15 is 0 Å². The maximum Gasteiger partial charge on any atom is 0.297 e. The van der Waals surface area contributed by atoms with Gasteiger partial charge < -0.3 is 18.8 Å². The van der Waals surface area contributed by atoms with E-state index in [1.54, 1.807) is 0 Å². The summed E-state index contributed by atoms with van der Waals surface area (Å²) in [5.74, 6) is 0. The largest absolute Gasteiger partial charge is 0.468 e. The smallest absolute Gasteiger partial charge is 0.297 e. The first-order chi connectivity index (χ1) is 30.8. The number of benzene rings is 7. The second-order valence-electron chi connectivity index (χ2n) is 22.8. The minimum atomic E-state index is -0.166. The number of fused-ring (bicyclic) bond motifs is 9. The highest BCUT2D eigenvalue weighted by Gasteiger charge is 2.47. The Bertz CT molecular complexity index is 3300. The molecule has 2 aliphatic heterocycles. The third-order valence-electron chi connectivity index (χ3n) is 14.2. The van der Waals surface area contributed by atoms with E-state index in [1.807, 2.05) is 0 Å². The molecule has 0 saturated carbocycles. The van der Waals surface area contributed by atoms with Crippen LogP contribution in [0, 0.1) is 0 Å². The number of rotatable bonds is 3. The van der Waals surface area contributed by atoms with Crippen molar-refractivity contribution in [1.82, 2.24) is 4.57 Å². The van der Waals surface area contributed by atoms with E-state index in [-0.39, 0.29) is 28.4 Å². The zero-order chi connectivity index (χ0) is 45.5. The van der Waals surface area contributed by atoms with Crippen LogP contribution < -0.4 is 26.4 Å². The standard InChI is InChI=1S/C60H60BN3O/c1-57(2,3)37-21-27-41(28-22-37)62-50-31-25-40(60(10,11)12)34-47(50)61-54-51(62)35-43(63-48-19-15-13-17-44(48)45-18-14-16-20-49(45)63)36-52(54)64(42-29-23-38(24-30-42)58(4,5)6)55-46-33-39(59(7,8)9)26-32-53(46)65-56(55)61/h13-36H,1-12H3. The summed E-state index contributed by atoms with van der Waals surface area (Å²) < 4.78 is 9.85. The number of para-hydroxylation sites is 2. The number of aromatic nitrogens is 1. The van der Waals surface area contributed by atoms with Gasteiger partial charge in [0.2, 0.25) is 0 Å². The number of nitrogens with zero attached hydrogens (tertiary/aromatic N) is 3. The van der Waals surface area contributed by atoms with Gasteiger partial charge in [-0.05, 0) is 122 Å². The first-order valence-corrected chi connectivity index (χ1v) is 23.5. The number of furan rings is 1. The van der Waals surface area contributed by atoms with Crippen LogP contribution in [0.2, 0.25) is 0 Å². The van der Waals surface area contributed by atoms with Gasteiger partial charge in [0.05, 0.1) is 28.1 Å². The Morgan fingerprint density at radius 2 is 0.862 bits per heavy atom. The van der Waals surface area contributed by atoms with E-state index < -0.39 is 0 Å². The lowest BCUT2D eigenvalue weighted by atomic mass is 9.35. The maximum atomic E-state index is 7.37. The average molecular weight is 850 g/mol. The molecule has 7 aromatic carbocycles. The molecule has 0 radical (unpaired) electrons. The molecule has 9 aromatic rings. The van der Waals surface area contributed by atoms with Gasteiger partial charge in [0.25, 0.3) is 6.71 Å². The molecule has 0 bridgehead atoms. The van der Waals surface area contributed by atoms with Crippen LogP contribution in [0.4, 0.5) is 34.1 Å². The molecular formula is C60H60BN3O. The summed E-state index contributed by atoms with van der Waals surface area (Å²) in [7, 11) is 0. The minimum absolute atomic E-state index is 0.00770. The van der Waals surface area contributed by atoms with Crippen molar-refractivity contribution in [3.8, 4) is 5.69 Å². The predicted octanol–water partition coefficient (Wildman–Crippen LogP) is 14.8. The minimum Gasteiger partial charge on any atom is -0.468 e. The van der Waals surface area contributed by atoms with Gasteiger partial charge in [-0.3, -0.25) is 0 Å². The fourth-order valence-corrected chi connectivity index (χ4v) is 10.5. The van der Waals surface area contributed by atoms with Crippen LogP contribution in [-0.4, -0.2) is 11.3 Å². The highest BCUT2D eigenvalue weighted by molar-refractivity contribution is 7.00. The Morgan fingerprint density at radius 3 is 1.40 bits per heavy atom. The molecule has 4 heterocycles. The van der Waals surface area contributed by atoms with Gasteiger partial charge in [-0.2, -0.15) is 0 Å². The first kappa shape index (κ1) is 41.3.